The second-order valence-corrected chi connectivity index (χ2v) is 8.90. The molecule has 1 aliphatic rings. The fraction of sp³-hybridized carbons (Fsp3) is 0.296. The van der Waals surface area contributed by atoms with Crippen LogP contribution in [0.2, 0.25) is 0 Å². The minimum absolute atomic E-state index is 0.409. The van der Waals surface area contributed by atoms with Crippen LogP contribution in [0.5, 0.6) is 5.75 Å². The number of fused-ring (bicyclic) bond motifs is 1. The first-order valence-corrected chi connectivity index (χ1v) is 12.1. The van der Waals surface area contributed by atoms with Crippen molar-refractivity contribution in [2.24, 2.45) is 0 Å². The Hall–Kier alpha value is -3.95. The summed E-state index contributed by atoms with van der Waals surface area (Å²) in [7, 11) is 4.04. The highest BCUT2D eigenvalue weighted by Crippen LogP contribution is 2.33. The number of anilines is 4. The summed E-state index contributed by atoms with van der Waals surface area (Å²) in [5, 5.41) is 4.17. The van der Waals surface area contributed by atoms with Gasteiger partial charge in [-0.25, -0.2) is 4.98 Å². The molecule has 0 unspecified atom stereocenters. The quantitative estimate of drug-likeness (QED) is 0.386. The van der Waals surface area contributed by atoms with Crippen molar-refractivity contribution >= 4 is 34.0 Å². The van der Waals surface area contributed by atoms with E-state index in [9.17, 15) is 0 Å². The highest BCUT2D eigenvalue weighted by Gasteiger charge is 2.17. The topological polar surface area (TPSA) is 102 Å². The predicted octanol–water partition coefficient (Wildman–Crippen LogP) is 3.79. The van der Waals surface area contributed by atoms with E-state index in [1.807, 2.05) is 62.6 Å². The van der Waals surface area contributed by atoms with Gasteiger partial charge in [0.2, 0.25) is 5.95 Å². The van der Waals surface area contributed by atoms with Gasteiger partial charge in [0.25, 0.3) is 0 Å². The van der Waals surface area contributed by atoms with E-state index in [0.717, 1.165) is 58.9 Å². The third kappa shape index (κ3) is 5.32. The molecule has 3 heterocycles. The Labute approximate surface area is 210 Å². The van der Waals surface area contributed by atoms with Gasteiger partial charge in [0.05, 0.1) is 35.8 Å². The Balaban J connectivity index is 1.48. The van der Waals surface area contributed by atoms with Gasteiger partial charge in [-0.15, -0.1) is 0 Å². The molecule has 0 atom stereocenters. The lowest BCUT2D eigenvalue weighted by atomic mass is 10.1. The zero-order chi connectivity index (χ0) is 24.9. The molecule has 0 radical (unpaired) electrons. The Kier molecular flexibility index (Phi) is 7.11. The Morgan fingerprint density at radius 1 is 1.06 bits per heavy atom. The number of hydrogen-bond donors (Lipinski definition) is 2. The average Bonchev–Trinajstić information content (AvgIpc) is 2.89. The van der Waals surface area contributed by atoms with Crippen molar-refractivity contribution in [2.75, 3.05) is 69.5 Å². The molecule has 9 heteroatoms. The molecule has 9 nitrogen and oxygen atoms in total. The van der Waals surface area contributed by atoms with Crippen LogP contribution < -0.4 is 20.7 Å². The summed E-state index contributed by atoms with van der Waals surface area (Å²) in [5.74, 6) is 1.61. The maximum atomic E-state index is 6.39. The average molecular weight is 486 g/mol. The van der Waals surface area contributed by atoms with Gasteiger partial charge in [-0.3, -0.25) is 4.98 Å². The first kappa shape index (κ1) is 23.8. The van der Waals surface area contributed by atoms with E-state index in [-0.39, 0.29) is 0 Å². The van der Waals surface area contributed by atoms with Crippen molar-refractivity contribution in [1.29, 1.82) is 0 Å². The lowest BCUT2D eigenvalue weighted by Gasteiger charge is -2.30. The van der Waals surface area contributed by atoms with E-state index in [1.165, 1.54) is 0 Å². The summed E-state index contributed by atoms with van der Waals surface area (Å²) in [6, 6.07) is 17.8. The molecule has 1 aliphatic heterocycles. The van der Waals surface area contributed by atoms with Crippen LogP contribution in [-0.2, 0) is 4.74 Å². The molecule has 4 aromatic rings. The van der Waals surface area contributed by atoms with Gasteiger partial charge >= 0.3 is 0 Å². The molecule has 0 saturated carbocycles. The summed E-state index contributed by atoms with van der Waals surface area (Å²) in [5.41, 5.74) is 10.8. The number of likely N-dealkylation sites (N-methyl/N-ethyl adjacent to an activating group) is 1. The summed E-state index contributed by atoms with van der Waals surface area (Å²) in [6.07, 6.45) is 1.75. The van der Waals surface area contributed by atoms with Gasteiger partial charge in [-0.2, -0.15) is 4.98 Å². The molecule has 2 aromatic heterocycles. The van der Waals surface area contributed by atoms with E-state index in [0.29, 0.717) is 31.6 Å². The van der Waals surface area contributed by atoms with Crippen molar-refractivity contribution in [3.8, 4) is 17.0 Å². The molecule has 1 saturated heterocycles. The van der Waals surface area contributed by atoms with E-state index in [1.54, 1.807) is 6.20 Å². The van der Waals surface area contributed by atoms with Crippen LogP contribution >= 0.6 is 0 Å². The monoisotopic (exact) mass is 485 g/mol. The second kappa shape index (κ2) is 10.8. The molecule has 3 N–H and O–H groups in total. The third-order valence-corrected chi connectivity index (χ3v) is 6.07. The van der Waals surface area contributed by atoms with Crippen LogP contribution in [0.4, 0.5) is 23.1 Å². The molecular formula is C27H31N7O2. The van der Waals surface area contributed by atoms with E-state index in [4.69, 9.17) is 20.2 Å². The number of nitrogens with zero attached hydrogens (tertiary/aromatic N) is 5. The molecule has 2 aromatic carbocycles. The van der Waals surface area contributed by atoms with Crippen LogP contribution in [0.15, 0.2) is 60.8 Å². The largest absolute Gasteiger partial charge is 0.492 e. The molecule has 0 aliphatic carbocycles. The number of morpholine rings is 1. The summed E-state index contributed by atoms with van der Waals surface area (Å²) < 4.78 is 11.4. The zero-order valence-electron chi connectivity index (χ0n) is 20.6. The second-order valence-electron chi connectivity index (χ2n) is 8.90. The number of aromatic nitrogens is 3. The number of rotatable bonds is 8. The molecule has 0 spiro atoms. The molecule has 0 bridgehead atoms. The van der Waals surface area contributed by atoms with Gasteiger partial charge in [0.1, 0.15) is 18.2 Å². The van der Waals surface area contributed by atoms with Crippen LogP contribution in [0, 0.1) is 0 Å². The Morgan fingerprint density at radius 2 is 1.89 bits per heavy atom. The smallest absolute Gasteiger partial charge is 0.229 e. The van der Waals surface area contributed by atoms with E-state index >= 15 is 0 Å². The first-order valence-electron chi connectivity index (χ1n) is 12.1. The maximum Gasteiger partial charge on any atom is 0.229 e. The van der Waals surface area contributed by atoms with Crippen LogP contribution in [0.25, 0.3) is 22.2 Å². The van der Waals surface area contributed by atoms with Crippen molar-refractivity contribution in [3.63, 3.8) is 0 Å². The molecular weight excluding hydrogens is 454 g/mol. The highest BCUT2D eigenvalue weighted by molar-refractivity contribution is 5.99. The molecule has 1 fully saturated rings. The van der Waals surface area contributed by atoms with Crippen LogP contribution in [-0.4, -0.2) is 73.4 Å². The minimum Gasteiger partial charge on any atom is -0.492 e. The lowest BCUT2D eigenvalue weighted by Crippen LogP contribution is -2.36. The van der Waals surface area contributed by atoms with Gasteiger partial charge < -0.3 is 30.3 Å². The van der Waals surface area contributed by atoms with Crippen LogP contribution in [0.1, 0.15) is 0 Å². The number of nitrogens with two attached hydrogens (primary N) is 1. The zero-order valence-corrected chi connectivity index (χ0v) is 20.6. The molecule has 0 amide bonds. The molecule has 36 heavy (non-hydrogen) atoms. The third-order valence-electron chi connectivity index (χ3n) is 6.07. The van der Waals surface area contributed by atoms with E-state index in [2.05, 4.69) is 31.2 Å². The number of ether oxygens (including phenoxy) is 2. The van der Waals surface area contributed by atoms with Crippen LogP contribution in [0.3, 0.4) is 0 Å². The van der Waals surface area contributed by atoms with Crippen molar-refractivity contribution < 1.29 is 9.47 Å². The maximum absolute atomic E-state index is 6.39. The van der Waals surface area contributed by atoms with Crippen molar-refractivity contribution in [2.45, 2.75) is 0 Å². The highest BCUT2D eigenvalue weighted by atomic mass is 16.5. The van der Waals surface area contributed by atoms with E-state index < -0.39 is 0 Å². The summed E-state index contributed by atoms with van der Waals surface area (Å²) in [6.45, 7) is 4.52. The fourth-order valence-corrected chi connectivity index (χ4v) is 4.21. The number of nitrogens with one attached hydrogen (secondary N) is 1. The van der Waals surface area contributed by atoms with Crippen molar-refractivity contribution in [3.05, 3.63) is 60.8 Å². The normalized spacial score (nSPS) is 13.8. The Bertz CT molecular complexity index is 1340. The standard InChI is InChI=1S/C27H31N7O2/c1-33(2)12-17-36-19-10-11-29-23(18-19)20-6-5-7-21-25(20)31-27(32-26(21)28)30-22-8-3-4-9-24(22)34-13-15-35-16-14-34/h3-11,18H,12-17H2,1-2H3,(H3,28,30,31,32). The first-order chi connectivity index (χ1) is 17.6. The number of para-hydroxylation sites is 3. The number of hydrogen-bond acceptors (Lipinski definition) is 9. The summed E-state index contributed by atoms with van der Waals surface area (Å²) in [4.78, 5) is 18.4. The van der Waals surface area contributed by atoms with Gasteiger partial charge in [0.15, 0.2) is 0 Å². The SMILES string of the molecule is CN(C)CCOc1ccnc(-c2cccc3c(N)nc(Nc4ccccc4N4CCOCC4)nc23)c1. The van der Waals surface area contributed by atoms with Gasteiger partial charge in [0, 0.05) is 42.8 Å². The molecule has 5 rings (SSSR count). The van der Waals surface area contributed by atoms with Gasteiger partial charge in [-0.1, -0.05) is 24.3 Å². The van der Waals surface area contributed by atoms with Gasteiger partial charge in [-0.05, 0) is 38.4 Å². The fourth-order valence-electron chi connectivity index (χ4n) is 4.21. The number of nitrogen functional groups attached to an aromatic ring is 1. The Morgan fingerprint density at radius 3 is 2.72 bits per heavy atom. The minimum atomic E-state index is 0.409. The van der Waals surface area contributed by atoms with Crippen molar-refractivity contribution in [1.82, 2.24) is 19.9 Å². The number of benzene rings is 2. The summed E-state index contributed by atoms with van der Waals surface area (Å²) >= 11 is 0. The predicted molar refractivity (Wildman–Crippen MR) is 144 cm³/mol. The molecule has 186 valence electrons. The lowest BCUT2D eigenvalue weighted by molar-refractivity contribution is 0.123. The number of pyridine rings is 1.